The van der Waals surface area contributed by atoms with Crippen LogP contribution in [0.3, 0.4) is 0 Å². The smallest absolute Gasteiger partial charge is 0.278 e. The first-order valence-electron chi connectivity index (χ1n) is 6.49. The molecular formula is C15H16N4O2. The van der Waals surface area contributed by atoms with Crippen molar-refractivity contribution in [1.29, 1.82) is 0 Å². The molecule has 1 aromatic heterocycles. The lowest BCUT2D eigenvalue weighted by Gasteiger charge is -2.19. The van der Waals surface area contributed by atoms with Crippen LogP contribution in [0.5, 0.6) is 0 Å². The Morgan fingerprint density at radius 3 is 2.57 bits per heavy atom. The lowest BCUT2D eigenvalue weighted by atomic mass is 10.2. The van der Waals surface area contributed by atoms with Gasteiger partial charge in [0.2, 0.25) is 5.91 Å². The molecule has 0 unspecified atom stereocenters. The van der Waals surface area contributed by atoms with E-state index in [4.69, 9.17) is 0 Å². The molecule has 1 amide bonds. The van der Waals surface area contributed by atoms with Crippen LogP contribution in [0, 0.1) is 0 Å². The standard InChI is InChI=1S/C15H16N4O2/c1-3-9-18(10-4-2)14(20)11-19-15(21)12-7-5-6-8-13(12)16-17-19/h3-8H,1-2,9-11H2. The molecule has 1 heterocycles. The fourth-order valence-electron chi connectivity index (χ4n) is 1.94. The molecular weight excluding hydrogens is 268 g/mol. The van der Waals surface area contributed by atoms with Gasteiger partial charge in [-0.25, -0.2) is 4.68 Å². The zero-order valence-corrected chi connectivity index (χ0v) is 11.6. The molecule has 0 aliphatic rings. The maximum atomic E-state index is 12.3. The maximum absolute atomic E-state index is 12.3. The number of hydrogen-bond donors (Lipinski definition) is 0. The highest BCUT2D eigenvalue weighted by Gasteiger charge is 2.14. The van der Waals surface area contributed by atoms with E-state index in [1.807, 2.05) is 0 Å². The van der Waals surface area contributed by atoms with Gasteiger partial charge in [0.05, 0.1) is 5.39 Å². The zero-order chi connectivity index (χ0) is 15.2. The van der Waals surface area contributed by atoms with Crippen LogP contribution < -0.4 is 5.56 Å². The van der Waals surface area contributed by atoms with E-state index in [1.54, 1.807) is 36.4 Å². The topological polar surface area (TPSA) is 68.1 Å². The van der Waals surface area contributed by atoms with Gasteiger partial charge in [-0.05, 0) is 12.1 Å². The predicted octanol–water partition coefficient (Wildman–Crippen LogP) is 0.992. The van der Waals surface area contributed by atoms with Crippen molar-refractivity contribution in [3.8, 4) is 0 Å². The molecule has 0 atom stereocenters. The number of carbonyl (C=O) groups is 1. The molecule has 0 saturated carbocycles. The van der Waals surface area contributed by atoms with Crippen LogP contribution in [0.25, 0.3) is 10.9 Å². The van der Waals surface area contributed by atoms with Crippen molar-refractivity contribution >= 4 is 16.8 Å². The van der Waals surface area contributed by atoms with Crippen LogP contribution >= 0.6 is 0 Å². The lowest BCUT2D eigenvalue weighted by molar-refractivity contribution is -0.131. The van der Waals surface area contributed by atoms with Gasteiger partial charge in [0.15, 0.2) is 0 Å². The number of rotatable bonds is 6. The van der Waals surface area contributed by atoms with E-state index < -0.39 is 0 Å². The number of hydrogen-bond acceptors (Lipinski definition) is 4. The summed E-state index contributed by atoms with van der Waals surface area (Å²) in [6.45, 7) is 7.84. The molecule has 0 saturated heterocycles. The van der Waals surface area contributed by atoms with Crippen LogP contribution in [0.1, 0.15) is 0 Å². The summed E-state index contributed by atoms with van der Waals surface area (Å²) in [6.07, 6.45) is 3.24. The third-order valence-corrected chi connectivity index (χ3v) is 2.97. The van der Waals surface area contributed by atoms with Crippen molar-refractivity contribution in [2.75, 3.05) is 13.1 Å². The molecule has 0 bridgehead atoms. The second-order valence-corrected chi connectivity index (χ2v) is 4.45. The molecule has 0 fully saturated rings. The quantitative estimate of drug-likeness (QED) is 0.742. The average Bonchev–Trinajstić information content (AvgIpc) is 2.50. The minimum atomic E-state index is -0.328. The summed E-state index contributed by atoms with van der Waals surface area (Å²) in [4.78, 5) is 26.0. The Labute approximate surface area is 122 Å². The Bertz CT molecular complexity index is 726. The van der Waals surface area contributed by atoms with E-state index in [-0.39, 0.29) is 18.0 Å². The largest absolute Gasteiger partial charge is 0.334 e. The Hall–Kier alpha value is -2.76. The summed E-state index contributed by atoms with van der Waals surface area (Å²) in [5, 5.41) is 8.20. The van der Waals surface area contributed by atoms with Crippen molar-refractivity contribution in [3.05, 3.63) is 59.9 Å². The SMILES string of the molecule is C=CCN(CC=C)C(=O)Cn1nnc2ccccc2c1=O. The van der Waals surface area contributed by atoms with Crippen molar-refractivity contribution in [1.82, 2.24) is 19.9 Å². The first kappa shape index (κ1) is 14.6. The maximum Gasteiger partial charge on any atom is 0.278 e. The number of aromatic nitrogens is 3. The van der Waals surface area contributed by atoms with Crippen LogP contribution in [0.2, 0.25) is 0 Å². The zero-order valence-electron chi connectivity index (χ0n) is 11.6. The molecule has 2 rings (SSSR count). The van der Waals surface area contributed by atoms with Gasteiger partial charge in [-0.1, -0.05) is 29.5 Å². The highest BCUT2D eigenvalue weighted by Crippen LogP contribution is 2.03. The van der Waals surface area contributed by atoms with Crippen LogP contribution in [0.4, 0.5) is 0 Å². The molecule has 0 radical (unpaired) electrons. The highest BCUT2D eigenvalue weighted by molar-refractivity contribution is 5.78. The van der Waals surface area contributed by atoms with Crippen molar-refractivity contribution < 1.29 is 4.79 Å². The predicted molar refractivity (Wildman–Crippen MR) is 80.8 cm³/mol. The molecule has 108 valence electrons. The molecule has 1 aromatic carbocycles. The van der Waals surface area contributed by atoms with Crippen LogP contribution in [0.15, 0.2) is 54.4 Å². The van der Waals surface area contributed by atoms with Crippen LogP contribution in [-0.2, 0) is 11.3 Å². The second-order valence-electron chi connectivity index (χ2n) is 4.45. The minimum Gasteiger partial charge on any atom is -0.334 e. The van der Waals surface area contributed by atoms with E-state index in [0.717, 1.165) is 4.68 Å². The van der Waals surface area contributed by atoms with Gasteiger partial charge < -0.3 is 4.90 Å². The first-order valence-corrected chi connectivity index (χ1v) is 6.49. The summed E-state index contributed by atoms with van der Waals surface area (Å²) < 4.78 is 1.07. The summed E-state index contributed by atoms with van der Waals surface area (Å²) in [5.41, 5.74) is 0.186. The fourth-order valence-corrected chi connectivity index (χ4v) is 1.94. The molecule has 0 N–H and O–H groups in total. The third kappa shape index (κ3) is 3.22. The van der Waals surface area contributed by atoms with E-state index in [1.165, 1.54) is 4.90 Å². The summed E-state index contributed by atoms with van der Waals surface area (Å²) >= 11 is 0. The number of amides is 1. The van der Waals surface area contributed by atoms with Gasteiger partial charge in [0, 0.05) is 13.1 Å². The van der Waals surface area contributed by atoms with Gasteiger partial charge in [0.1, 0.15) is 12.1 Å². The number of benzene rings is 1. The molecule has 21 heavy (non-hydrogen) atoms. The van der Waals surface area contributed by atoms with Crippen molar-refractivity contribution in [2.24, 2.45) is 0 Å². The summed E-state index contributed by atoms with van der Waals surface area (Å²) in [7, 11) is 0. The Morgan fingerprint density at radius 2 is 1.90 bits per heavy atom. The number of carbonyl (C=O) groups excluding carboxylic acids is 1. The molecule has 2 aromatic rings. The second kappa shape index (κ2) is 6.60. The Kier molecular flexibility index (Phi) is 4.61. The molecule has 6 heteroatoms. The van der Waals surface area contributed by atoms with E-state index in [0.29, 0.717) is 24.0 Å². The Morgan fingerprint density at radius 1 is 1.24 bits per heavy atom. The average molecular weight is 284 g/mol. The van der Waals surface area contributed by atoms with Crippen LogP contribution in [-0.4, -0.2) is 38.9 Å². The molecule has 6 nitrogen and oxygen atoms in total. The van der Waals surface area contributed by atoms with Crippen molar-refractivity contribution in [3.63, 3.8) is 0 Å². The molecule has 0 spiro atoms. The Balaban J connectivity index is 2.28. The van der Waals surface area contributed by atoms with Gasteiger partial charge in [-0.3, -0.25) is 9.59 Å². The van der Waals surface area contributed by atoms with Gasteiger partial charge in [0.25, 0.3) is 5.56 Å². The monoisotopic (exact) mass is 284 g/mol. The number of nitrogens with zero attached hydrogens (tertiary/aromatic N) is 4. The van der Waals surface area contributed by atoms with E-state index in [9.17, 15) is 9.59 Å². The number of fused-ring (bicyclic) bond motifs is 1. The first-order chi connectivity index (χ1) is 10.2. The highest BCUT2D eigenvalue weighted by atomic mass is 16.2. The van der Waals surface area contributed by atoms with Gasteiger partial charge >= 0.3 is 0 Å². The van der Waals surface area contributed by atoms with Gasteiger partial charge in [-0.15, -0.1) is 18.3 Å². The summed E-state index contributed by atoms with van der Waals surface area (Å²) in [6, 6.07) is 6.90. The third-order valence-electron chi connectivity index (χ3n) is 2.97. The normalized spacial score (nSPS) is 10.3. The van der Waals surface area contributed by atoms with Gasteiger partial charge in [-0.2, -0.15) is 0 Å². The molecule has 0 aliphatic carbocycles. The van der Waals surface area contributed by atoms with Crippen molar-refractivity contribution in [2.45, 2.75) is 6.54 Å². The lowest BCUT2D eigenvalue weighted by Crippen LogP contribution is -2.38. The van der Waals surface area contributed by atoms with E-state index in [2.05, 4.69) is 23.5 Å². The minimum absolute atomic E-state index is 0.154. The molecule has 0 aliphatic heterocycles. The fraction of sp³-hybridized carbons (Fsp3) is 0.200. The summed E-state index contributed by atoms with van der Waals surface area (Å²) in [5.74, 6) is -0.235. The van der Waals surface area contributed by atoms with E-state index >= 15 is 0 Å².